The van der Waals surface area contributed by atoms with E-state index in [9.17, 15) is 0 Å². The molecule has 1 aromatic heterocycles. The largest absolute Gasteiger partial charge is 0.510 e. The minimum absolute atomic E-state index is 0.0740. The summed E-state index contributed by atoms with van der Waals surface area (Å²) >= 11 is 1.69. The summed E-state index contributed by atoms with van der Waals surface area (Å²) in [5.74, 6) is 0. The highest BCUT2D eigenvalue weighted by molar-refractivity contribution is 7.19. The Morgan fingerprint density at radius 3 is 2.32 bits per heavy atom. The van der Waals surface area contributed by atoms with Gasteiger partial charge in [0.1, 0.15) is 5.01 Å². The van der Waals surface area contributed by atoms with E-state index < -0.39 is 8.80 Å². The number of hydrogen-bond donors (Lipinski definition) is 0. The van der Waals surface area contributed by atoms with Gasteiger partial charge in [-0.15, -0.1) is 11.3 Å². The van der Waals surface area contributed by atoms with Crippen LogP contribution in [0.4, 0.5) is 0 Å². The Balaban J connectivity index is 2.45. The normalized spacial score (nSPS) is 13.9. The third-order valence-corrected chi connectivity index (χ3v) is 7.90. The van der Waals surface area contributed by atoms with E-state index in [1.165, 1.54) is 4.70 Å². The van der Waals surface area contributed by atoms with Crippen LogP contribution >= 0.6 is 11.3 Å². The highest BCUT2D eigenvalue weighted by Gasteiger charge is 2.48. The smallest absolute Gasteiger partial charge is 0.376 e. The summed E-state index contributed by atoms with van der Waals surface area (Å²) in [5.41, 5.74) is 1.09. The van der Waals surface area contributed by atoms with E-state index in [1.807, 2.05) is 18.2 Å². The number of fused-ring (bicyclic) bond motifs is 1. The predicted molar refractivity (Wildman–Crippen MR) is 79.4 cm³/mol. The number of hydrogen-bond acceptors (Lipinski definition) is 5. The van der Waals surface area contributed by atoms with Crippen molar-refractivity contribution in [3.05, 3.63) is 29.3 Å². The molecule has 0 aliphatic heterocycles. The quantitative estimate of drug-likeness (QED) is 0.768. The summed E-state index contributed by atoms with van der Waals surface area (Å²) in [6.07, 6.45) is 0.877. The minimum atomic E-state index is -2.70. The first-order chi connectivity index (χ1) is 9.20. The molecule has 0 amide bonds. The molecule has 1 unspecified atom stereocenters. The summed E-state index contributed by atoms with van der Waals surface area (Å²) < 4.78 is 18.0. The SMILES string of the molecule is CCC(c1nc2ccccc2s1)[Si](OC)(OC)OC. The van der Waals surface area contributed by atoms with Crippen LogP contribution in [0.1, 0.15) is 23.9 Å². The zero-order valence-corrected chi connectivity index (χ0v) is 13.5. The first-order valence-electron chi connectivity index (χ1n) is 6.21. The van der Waals surface area contributed by atoms with Crippen LogP contribution in [0, 0.1) is 0 Å². The molecule has 4 nitrogen and oxygen atoms in total. The Morgan fingerprint density at radius 2 is 1.79 bits per heavy atom. The highest BCUT2D eigenvalue weighted by atomic mass is 32.1. The maximum atomic E-state index is 5.60. The Labute approximate surface area is 118 Å². The van der Waals surface area contributed by atoms with E-state index in [0.29, 0.717) is 0 Å². The van der Waals surface area contributed by atoms with E-state index >= 15 is 0 Å². The van der Waals surface area contributed by atoms with Crippen molar-refractivity contribution in [1.29, 1.82) is 0 Å². The van der Waals surface area contributed by atoms with Gasteiger partial charge in [0.05, 0.1) is 15.8 Å². The van der Waals surface area contributed by atoms with Crippen LogP contribution in [0.25, 0.3) is 10.2 Å². The number of para-hydroxylation sites is 1. The number of aromatic nitrogens is 1. The average molecular weight is 297 g/mol. The van der Waals surface area contributed by atoms with Crippen LogP contribution < -0.4 is 0 Å². The zero-order valence-electron chi connectivity index (χ0n) is 11.7. The predicted octanol–water partition coefficient (Wildman–Crippen LogP) is 3.21. The van der Waals surface area contributed by atoms with Crippen LogP contribution in [0.5, 0.6) is 0 Å². The first kappa shape index (κ1) is 14.6. The van der Waals surface area contributed by atoms with Crippen molar-refractivity contribution < 1.29 is 13.3 Å². The zero-order chi connectivity index (χ0) is 13.9. The fourth-order valence-corrected chi connectivity index (χ4v) is 6.17. The third-order valence-electron chi connectivity index (χ3n) is 3.30. The number of rotatable bonds is 6. The molecule has 0 aliphatic rings. The lowest BCUT2D eigenvalue weighted by Crippen LogP contribution is -2.49. The Kier molecular flexibility index (Phi) is 4.70. The molecule has 0 N–H and O–H groups in total. The molecule has 0 radical (unpaired) electrons. The summed E-state index contributed by atoms with van der Waals surface area (Å²) in [4.78, 5) is 4.71. The van der Waals surface area contributed by atoms with Crippen molar-refractivity contribution in [2.24, 2.45) is 0 Å². The van der Waals surface area contributed by atoms with Crippen LogP contribution in [0.15, 0.2) is 24.3 Å². The lowest BCUT2D eigenvalue weighted by atomic mass is 10.3. The van der Waals surface area contributed by atoms with Crippen molar-refractivity contribution >= 4 is 30.4 Å². The summed E-state index contributed by atoms with van der Waals surface area (Å²) in [6.45, 7) is 2.11. The lowest BCUT2D eigenvalue weighted by molar-refractivity contribution is 0.111. The van der Waals surface area contributed by atoms with Crippen LogP contribution in [-0.4, -0.2) is 35.1 Å². The lowest BCUT2D eigenvalue weighted by Gasteiger charge is -2.30. The molecule has 1 aromatic carbocycles. The van der Waals surface area contributed by atoms with Crippen molar-refractivity contribution in [3.63, 3.8) is 0 Å². The second-order valence-electron chi connectivity index (χ2n) is 4.20. The van der Waals surface area contributed by atoms with Crippen molar-refractivity contribution in [3.8, 4) is 0 Å². The Bertz CT molecular complexity index is 500. The molecule has 0 aliphatic carbocycles. The molecular formula is C13H19NO3SSi. The molecule has 6 heteroatoms. The summed E-state index contributed by atoms with van der Waals surface area (Å²) in [6, 6.07) is 8.13. The molecule has 0 fully saturated rings. The van der Waals surface area contributed by atoms with Gasteiger partial charge in [0, 0.05) is 21.3 Å². The third kappa shape index (κ3) is 2.59. The van der Waals surface area contributed by atoms with Gasteiger partial charge in [-0.2, -0.15) is 0 Å². The van der Waals surface area contributed by atoms with Crippen LogP contribution in [0.2, 0.25) is 0 Å². The molecule has 1 heterocycles. The van der Waals surface area contributed by atoms with E-state index in [2.05, 4.69) is 13.0 Å². The molecule has 0 saturated carbocycles. The van der Waals surface area contributed by atoms with Crippen molar-refractivity contribution in [2.75, 3.05) is 21.3 Å². The second-order valence-corrected chi connectivity index (χ2v) is 8.39. The van der Waals surface area contributed by atoms with Crippen molar-refractivity contribution in [1.82, 2.24) is 4.98 Å². The topological polar surface area (TPSA) is 40.6 Å². The van der Waals surface area contributed by atoms with E-state index in [-0.39, 0.29) is 5.54 Å². The molecule has 2 aromatic rings. The van der Waals surface area contributed by atoms with Crippen molar-refractivity contribution in [2.45, 2.75) is 18.9 Å². The fourth-order valence-electron chi connectivity index (χ4n) is 2.29. The average Bonchev–Trinajstić information content (AvgIpc) is 2.88. The molecule has 0 spiro atoms. The van der Waals surface area contributed by atoms with Gasteiger partial charge in [0.2, 0.25) is 0 Å². The highest BCUT2D eigenvalue weighted by Crippen LogP contribution is 2.36. The molecular weight excluding hydrogens is 278 g/mol. The summed E-state index contributed by atoms with van der Waals surface area (Å²) in [7, 11) is 2.24. The monoisotopic (exact) mass is 297 g/mol. The Morgan fingerprint density at radius 1 is 1.16 bits per heavy atom. The molecule has 0 saturated heterocycles. The van der Waals surface area contributed by atoms with Gasteiger partial charge >= 0.3 is 8.80 Å². The Hall–Kier alpha value is -0.793. The van der Waals surface area contributed by atoms with Crippen LogP contribution in [-0.2, 0) is 13.3 Å². The van der Waals surface area contributed by atoms with E-state index in [1.54, 1.807) is 32.7 Å². The number of benzene rings is 1. The maximum Gasteiger partial charge on any atom is 0.510 e. The van der Waals surface area contributed by atoms with Gasteiger partial charge in [-0.05, 0) is 18.6 Å². The molecule has 19 heavy (non-hydrogen) atoms. The molecule has 104 valence electrons. The summed E-state index contributed by atoms with van der Waals surface area (Å²) in [5, 5.41) is 1.03. The van der Waals surface area contributed by atoms with E-state index in [4.69, 9.17) is 18.3 Å². The molecule has 0 bridgehead atoms. The van der Waals surface area contributed by atoms with Gasteiger partial charge in [-0.1, -0.05) is 19.1 Å². The fraction of sp³-hybridized carbons (Fsp3) is 0.462. The molecule has 1 atom stereocenters. The van der Waals surface area contributed by atoms with Gasteiger partial charge < -0.3 is 13.3 Å². The number of thiazole rings is 1. The van der Waals surface area contributed by atoms with Gasteiger partial charge in [-0.25, -0.2) is 4.98 Å². The van der Waals surface area contributed by atoms with Gasteiger partial charge in [-0.3, -0.25) is 0 Å². The standard InChI is InChI=1S/C13H19NO3SSi/c1-5-12(19(15-2,16-3)17-4)13-14-10-8-6-7-9-11(10)18-13/h6-9,12H,5H2,1-4H3. The maximum absolute atomic E-state index is 5.60. The molecule has 2 rings (SSSR count). The van der Waals surface area contributed by atoms with Gasteiger partial charge in [0.15, 0.2) is 0 Å². The second kappa shape index (κ2) is 6.11. The number of nitrogens with zero attached hydrogens (tertiary/aromatic N) is 1. The van der Waals surface area contributed by atoms with Crippen LogP contribution in [0.3, 0.4) is 0 Å². The minimum Gasteiger partial charge on any atom is -0.376 e. The van der Waals surface area contributed by atoms with Gasteiger partial charge in [0.25, 0.3) is 0 Å². The van der Waals surface area contributed by atoms with E-state index in [0.717, 1.165) is 16.9 Å². The first-order valence-corrected chi connectivity index (χ1v) is 8.83.